The van der Waals surface area contributed by atoms with E-state index in [2.05, 4.69) is 0 Å². The van der Waals surface area contributed by atoms with Crippen LogP contribution < -0.4 is 0 Å². The molecule has 0 aromatic heterocycles. The summed E-state index contributed by atoms with van der Waals surface area (Å²) >= 11 is 0. The molecule has 3 atom stereocenters. The van der Waals surface area contributed by atoms with Crippen molar-refractivity contribution in [2.45, 2.75) is 84.7 Å². The van der Waals surface area contributed by atoms with Crippen LogP contribution in [0.15, 0.2) is 30.3 Å². The third kappa shape index (κ3) is 5.14. The van der Waals surface area contributed by atoms with Gasteiger partial charge in [0.15, 0.2) is 0 Å². The Morgan fingerprint density at radius 3 is 2.32 bits per heavy atom. The Balaban J connectivity index is 2.27. The minimum absolute atomic E-state index is 0.120. The van der Waals surface area contributed by atoms with Crippen LogP contribution in [-0.2, 0) is 16.1 Å². The summed E-state index contributed by atoms with van der Waals surface area (Å²) in [6.45, 7) is 12.3. The predicted octanol–water partition coefficient (Wildman–Crippen LogP) is 5.00. The zero-order valence-electron chi connectivity index (χ0n) is 19.9. The molecule has 174 valence electrons. The smallest absolute Gasteiger partial charge is 0.410 e. The Morgan fingerprint density at radius 1 is 1.23 bits per heavy atom. The Morgan fingerprint density at radius 2 is 1.84 bits per heavy atom. The van der Waals surface area contributed by atoms with Crippen molar-refractivity contribution in [1.82, 2.24) is 9.80 Å². The normalized spacial score (nSPS) is 22.8. The lowest BCUT2D eigenvalue weighted by Crippen LogP contribution is -2.70. The number of piperidine rings is 1. The van der Waals surface area contributed by atoms with Crippen molar-refractivity contribution in [3.63, 3.8) is 0 Å². The predicted molar refractivity (Wildman–Crippen MR) is 120 cm³/mol. The monoisotopic (exact) mass is 434 g/mol. The molecule has 0 aliphatic carbocycles. The molecule has 1 aliphatic heterocycles. The third-order valence-electron chi connectivity index (χ3n) is 6.66. The fourth-order valence-corrected chi connectivity index (χ4v) is 5.05. The number of ether oxygens (including phenoxy) is 2. The first-order chi connectivity index (χ1) is 14.5. The van der Waals surface area contributed by atoms with Gasteiger partial charge < -0.3 is 19.5 Å². The van der Waals surface area contributed by atoms with Crippen molar-refractivity contribution in [2.24, 2.45) is 5.41 Å². The molecule has 0 bridgehead atoms. The Labute approximate surface area is 186 Å². The molecule has 0 radical (unpaired) electrons. The number of hydrogen-bond acceptors (Lipinski definition) is 4. The highest BCUT2D eigenvalue weighted by Crippen LogP contribution is 2.46. The zero-order valence-corrected chi connectivity index (χ0v) is 19.9. The van der Waals surface area contributed by atoms with Crippen molar-refractivity contribution in [3.8, 4) is 0 Å². The van der Waals surface area contributed by atoms with Gasteiger partial charge in [-0.2, -0.15) is 0 Å². The van der Waals surface area contributed by atoms with Gasteiger partial charge in [0.1, 0.15) is 6.61 Å². The van der Waals surface area contributed by atoms with Crippen molar-refractivity contribution in [3.05, 3.63) is 35.9 Å². The molecule has 1 fully saturated rings. The summed E-state index contributed by atoms with van der Waals surface area (Å²) in [6, 6.07) is 9.14. The van der Waals surface area contributed by atoms with E-state index in [9.17, 15) is 14.7 Å². The fourth-order valence-electron chi connectivity index (χ4n) is 5.05. The van der Waals surface area contributed by atoms with Crippen molar-refractivity contribution < 1.29 is 24.2 Å². The Bertz CT molecular complexity index is 746. The maximum absolute atomic E-state index is 13.0. The van der Waals surface area contributed by atoms with Crippen molar-refractivity contribution in [2.75, 3.05) is 13.7 Å². The standard InChI is InChI=1S/C24H38N2O5/c1-17(2)26(22(29)31-16-19-11-9-8-10-12-19)20-13-14-24(18(3)30-7,23(4,5)6)25(15-20)21(27)28/h8-12,17-18,20H,13-16H2,1-7H3,(H,27,28)/t18?,20-,24+/m1/s1. The number of carbonyl (C=O) groups is 2. The van der Waals surface area contributed by atoms with Gasteiger partial charge in [0.25, 0.3) is 0 Å². The maximum Gasteiger partial charge on any atom is 0.410 e. The number of likely N-dealkylation sites (tertiary alicyclic amines) is 1. The number of amides is 2. The number of carbonyl (C=O) groups excluding carboxylic acids is 1. The van der Waals surface area contributed by atoms with Crippen LogP contribution in [0.25, 0.3) is 0 Å². The van der Waals surface area contributed by atoms with Gasteiger partial charge in [-0.3, -0.25) is 4.90 Å². The quantitative estimate of drug-likeness (QED) is 0.682. The van der Waals surface area contributed by atoms with E-state index in [-0.39, 0.29) is 36.8 Å². The molecule has 7 nitrogen and oxygen atoms in total. The molecule has 7 heteroatoms. The summed E-state index contributed by atoms with van der Waals surface area (Å²) in [5.41, 5.74) is -0.126. The molecule has 1 unspecified atom stereocenters. The molecule has 1 heterocycles. The van der Waals surface area contributed by atoms with Crippen LogP contribution in [0.5, 0.6) is 0 Å². The lowest BCUT2D eigenvalue weighted by atomic mass is 9.64. The molecule has 2 amide bonds. The summed E-state index contributed by atoms with van der Waals surface area (Å²) in [7, 11) is 1.62. The van der Waals surface area contributed by atoms with Crippen LogP contribution in [0.2, 0.25) is 0 Å². The highest BCUT2D eigenvalue weighted by Gasteiger charge is 2.56. The maximum atomic E-state index is 13.0. The number of nitrogens with zero attached hydrogens (tertiary/aromatic N) is 2. The summed E-state index contributed by atoms with van der Waals surface area (Å²) in [6.07, 6.45) is -0.436. The number of rotatable bonds is 6. The molecule has 31 heavy (non-hydrogen) atoms. The summed E-state index contributed by atoms with van der Waals surface area (Å²) in [5.74, 6) is 0. The average Bonchev–Trinajstić information content (AvgIpc) is 2.71. The van der Waals surface area contributed by atoms with E-state index in [1.54, 1.807) is 12.0 Å². The van der Waals surface area contributed by atoms with Gasteiger partial charge in [-0.25, -0.2) is 9.59 Å². The summed E-state index contributed by atoms with van der Waals surface area (Å²) in [4.78, 5) is 28.6. The number of hydrogen-bond donors (Lipinski definition) is 1. The first-order valence-corrected chi connectivity index (χ1v) is 11.0. The lowest BCUT2D eigenvalue weighted by Gasteiger charge is -2.58. The molecule has 0 saturated carbocycles. The van der Waals surface area contributed by atoms with Gasteiger partial charge in [0, 0.05) is 19.7 Å². The van der Waals surface area contributed by atoms with E-state index in [0.717, 1.165) is 5.56 Å². The molecule has 1 aromatic rings. The lowest BCUT2D eigenvalue weighted by molar-refractivity contribution is -0.124. The molecule has 1 aromatic carbocycles. The van der Waals surface area contributed by atoms with Crippen LogP contribution >= 0.6 is 0 Å². The molecule has 0 spiro atoms. The number of benzene rings is 1. The van der Waals surface area contributed by atoms with Gasteiger partial charge in [-0.05, 0) is 44.6 Å². The second-order valence-electron chi connectivity index (χ2n) is 9.68. The van der Waals surface area contributed by atoms with Crippen molar-refractivity contribution in [1.29, 1.82) is 0 Å². The van der Waals surface area contributed by atoms with Crippen LogP contribution in [0.4, 0.5) is 9.59 Å². The second-order valence-corrected chi connectivity index (χ2v) is 9.68. The minimum Gasteiger partial charge on any atom is -0.465 e. The summed E-state index contributed by atoms with van der Waals surface area (Å²) in [5, 5.41) is 10.1. The van der Waals surface area contributed by atoms with E-state index >= 15 is 0 Å². The topological polar surface area (TPSA) is 79.3 Å². The third-order valence-corrected chi connectivity index (χ3v) is 6.66. The van der Waals surface area contributed by atoms with E-state index in [4.69, 9.17) is 9.47 Å². The molecule has 1 aliphatic rings. The van der Waals surface area contributed by atoms with Crippen LogP contribution in [-0.4, -0.2) is 64.5 Å². The molecular weight excluding hydrogens is 396 g/mol. The Hall–Kier alpha value is -2.28. The van der Waals surface area contributed by atoms with E-state index in [1.807, 2.05) is 71.9 Å². The van der Waals surface area contributed by atoms with Gasteiger partial charge in [-0.1, -0.05) is 51.1 Å². The first-order valence-electron chi connectivity index (χ1n) is 11.0. The highest BCUT2D eigenvalue weighted by molar-refractivity contribution is 5.70. The second kappa shape index (κ2) is 9.90. The van der Waals surface area contributed by atoms with Crippen LogP contribution in [0.1, 0.15) is 59.9 Å². The zero-order chi connectivity index (χ0) is 23.4. The van der Waals surface area contributed by atoms with Gasteiger partial charge in [0.05, 0.1) is 17.7 Å². The van der Waals surface area contributed by atoms with E-state index in [1.165, 1.54) is 4.90 Å². The molecule has 2 rings (SSSR count). The SMILES string of the molecule is COC(C)[C@]1(C(C)(C)C)CC[C@@H](N(C(=O)OCc2ccccc2)C(C)C)CN1C(=O)O. The molecule has 1 saturated heterocycles. The fraction of sp³-hybridized carbons (Fsp3) is 0.667. The van der Waals surface area contributed by atoms with Crippen LogP contribution in [0.3, 0.4) is 0 Å². The van der Waals surface area contributed by atoms with Gasteiger partial charge >= 0.3 is 12.2 Å². The first kappa shape index (κ1) is 25.0. The van der Waals surface area contributed by atoms with Gasteiger partial charge in [0.2, 0.25) is 0 Å². The molecule has 1 N–H and O–H groups in total. The Kier molecular flexibility index (Phi) is 7.98. The van der Waals surface area contributed by atoms with Crippen molar-refractivity contribution >= 4 is 12.2 Å². The van der Waals surface area contributed by atoms with E-state index < -0.39 is 17.7 Å². The minimum atomic E-state index is -0.995. The van der Waals surface area contributed by atoms with Gasteiger partial charge in [-0.15, -0.1) is 0 Å². The highest BCUT2D eigenvalue weighted by atomic mass is 16.6. The molecular formula is C24H38N2O5. The summed E-state index contributed by atoms with van der Waals surface area (Å²) < 4.78 is 11.3. The average molecular weight is 435 g/mol. The largest absolute Gasteiger partial charge is 0.465 e. The van der Waals surface area contributed by atoms with E-state index in [0.29, 0.717) is 12.8 Å². The van der Waals surface area contributed by atoms with Crippen LogP contribution in [0, 0.1) is 5.41 Å². The number of methoxy groups -OCH3 is 1. The number of carboxylic acid groups (broad SMARTS) is 1.